The summed E-state index contributed by atoms with van der Waals surface area (Å²) in [7, 11) is 0. The monoisotopic (exact) mass is 232 g/mol. The second-order valence-electron chi connectivity index (χ2n) is 4.09. The molecule has 0 radical (unpaired) electrons. The molecule has 0 saturated carbocycles. The highest BCUT2D eigenvalue weighted by atomic mass is 16.5. The summed E-state index contributed by atoms with van der Waals surface area (Å²) in [6.07, 6.45) is 1.53. The smallest absolute Gasteiger partial charge is 0.310 e. The number of hydrogen-bond acceptors (Lipinski definition) is 3. The number of ether oxygens (including phenoxy) is 1. The minimum absolute atomic E-state index is 0.190. The molecule has 0 aliphatic rings. The summed E-state index contributed by atoms with van der Waals surface area (Å²) in [5.41, 5.74) is 0. The van der Waals surface area contributed by atoms with E-state index in [4.69, 9.17) is 9.84 Å². The zero-order chi connectivity index (χ0) is 13.1. The maximum Gasteiger partial charge on any atom is 0.310 e. The van der Waals surface area contributed by atoms with Crippen LogP contribution in [0.1, 0.15) is 53.9 Å². The van der Waals surface area contributed by atoms with Crippen LogP contribution in [0.25, 0.3) is 0 Å². The molecular weight excluding hydrogens is 208 g/mol. The first-order chi connectivity index (χ1) is 7.29. The highest BCUT2D eigenvalue weighted by molar-refractivity contribution is 5.94. The van der Waals surface area contributed by atoms with Crippen molar-refractivity contribution >= 4 is 11.8 Å². The van der Waals surface area contributed by atoms with E-state index in [9.17, 15) is 9.59 Å². The van der Waals surface area contributed by atoms with Crippen LogP contribution in [0.15, 0.2) is 0 Å². The van der Waals surface area contributed by atoms with Gasteiger partial charge in [-0.25, -0.2) is 0 Å². The van der Waals surface area contributed by atoms with E-state index in [1.165, 1.54) is 0 Å². The van der Waals surface area contributed by atoms with Gasteiger partial charge in [-0.1, -0.05) is 6.92 Å². The molecule has 0 rings (SSSR count). The number of aliphatic carboxylic acids is 1. The van der Waals surface area contributed by atoms with Crippen LogP contribution in [0.3, 0.4) is 0 Å². The largest absolute Gasteiger partial charge is 0.481 e. The van der Waals surface area contributed by atoms with Gasteiger partial charge in [-0.3, -0.25) is 9.59 Å². The standard InChI is InChI=1S/C6H10O3.C6H14O/c1-2-3-5(7)4-6(8)9;1-5(2)7-6(3)4/h2-4H2,1H3,(H,8,9);5-6H,1-4H3. The van der Waals surface area contributed by atoms with Crippen molar-refractivity contribution in [3.05, 3.63) is 0 Å². The van der Waals surface area contributed by atoms with Crippen LogP contribution in [0, 0.1) is 0 Å². The average Bonchev–Trinajstić information content (AvgIpc) is 2.00. The van der Waals surface area contributed by atoms with Crippen LogP contribution in [-0.2, 0) is 14.3 Å². The number of carbonyl (C=O) groups excluding carboxylic acids is 1. The number of Topliss-reactive ketones (excluding diaryl/α,β-unsaturated/α-hetero) is 1. The molecule has 0 amide bonds. The first-order valence-corrected chi connectivity index (χ1v) is 5.68. The lowest BCUT2D eigenvalue weighted by atomic mass is 10.2. The zero-order valence-electron chi connectivity index (χ0n) is 10.9. The SMILES string of the molecule is CC(C)OC(C)C.CCCC(=O)CC(=O)O. The molecule has 0 aliphatic heterocycles. The normalized spacial score (nSPS) is 9.94. The summed E-state index contributed by atoms with van der Waals surface area (Å²) in [4.78, 5) is 20.3. The Morgan fingerprint density at radius 3 is 1.75 bits per heavy atom. The van der Waals surface area contributed by atoms with Gasteiger partial charge in [0.2, 0.25) is 0 Å². The summed E-state index contributed by atoms with van der Waals surface area (Å²) < 4.78 is 5.25. The van der Waals surface area contributed by atoms with Crippen LogP contribution in [0.2, 0.25) is 0 Å². The fourth-order valence-electron chi connectivity index (χ4n) is 1.08. The molecule has 0 spiro atoms. The Morgan fingerprint density at radius 2 is 1.56 bits per heavy atom. The summed E-state index contributed by atoms with van der Waals surface area (Å²) in [6, 6.07) is 0. The predicted molar refractivity (Wildman–Crippen MR) is 63.5 cm³/mol. The third kappa shape index (κ3) is 18.8. The molecule has 4 heteroatoms. The molecule has 0 aromatic heterocycles. The van der Waals surface area contributed by atoms with Crippen LogP contribution >= 0.6 is 0 Å². The van der Waals surface area contributed by atoms with Gasteiger partial charge in [-0.05, 0) is 34.1 Å². The fourth-order valence-corrected chi connectivity index (χ4v) is 1.08. The molecule has 0 unspecified atom stereocenters. The second-order valence-corrected chi connectivity index (χ2v) is 4.09. The number of ketones is 1. The summed E-state index contributed by atoms with van der Waals surface area (Å²) >= 11 is 0. The third-order valence-electron chi connectivity index (χ3n) is 1.42. The molecule has 0 fully saturated rings. The van der Waals surface area contributed by atoms with Gasteiger partial charge in [0, 0.05) is 6.42 Å². The lowest BCUT2D eigenvalue weighted by molar-refractivity contribution is -0.140. The van der Waals surface area contributed by atoms with Gasteiger partial charge in [0.05, 0.1) is 12.2 Å². The van der Waals surface area contributed by atoms with Gasteiger partial charge < -0.3 is 9.84 Å². The van der Waals surface area contributed by atoms with E-state index < -0.39 is 5.97 Å². The van der Waals surface area contributed by atoms with Crippen molar-refractivity contribution in [3.63, 3.8) is 0 Å². The number of carboxylic acids is 1. The molecule has 0 atom stereocenters. The van der Waals surface area contributed by atoms with E-state index in [1.54, 1.807) is 0 Å². The van der Waals surface area contributed by atoms with Gasteiger partial charge >= 0.3 is 5.97 Å². The summed E-state index contributed by atoms with van der Waals surface area (Å²) in [6.45, 7) is 10.0. The molecule has 1 N–H and O–H groups in total. The molecule has 0 aromatic carbocycles. The van der Waals surface area contributed by atoms with Crippen LogP contribution in [-0.4, -0.2) is 29.1 Å². The maximum absolute atomic E-state index is 10.5. The lowest BCUT2D eigenvalue weighted by Gasteiger charge is -2.09. The number of hydrogen-bond donors (Lipinski definition) is 1. The second kappa shape index (κ2) is 10.6. The molecule has 4 nitrogen and oxygen atoms in total. The van der Waals surface area contributed by atoms with E-state index in [2.05, 4.69) is 0 Å². The molecule has 0 aromatic rings. The molecule has 96 valence electrons. The predicted octanol–water partition coefficient (Wildman–Crippen LogP) is 2.65. The van der Waals surface area contributed by atoms with Crippen molar-refractivity contribution < 1.29 is 19.4 Å². The summed E-state index contributed by atoms with van der Waals surface area (Å²) in [5.74, 6) is -1.22. The average molecular weight is 232 g/mol. The van der Waals surface area contributed by atoms with E-state index in [1.807, 2.05) is 34.6 Å². The van der Waals surface area contributed by atoms with E-state index in [0.717, 1.165) is 6.42 Å². The van der Waals surface area contributed by atoms with E-state index in [0.29, 0.717) is 18.6 Å². The Bertz CT molecular complexity index is 191. The lowest BCUT2D eigenvalue weighted by Crippen LogP contribution is -2.09. The highest BCUT2D eigenvalue weighted by Crippen LogP contribution is 1.93. The van der Waals surface area contributed by atoms with Crippen molar-refractivity contribution in [2.24, 2.45) is 0 Å². The van der Waals surface area contributed by atoms with Crippen molar-refractivity contribution in [3.8, 4) is 0 Å². The number of carboxylic acid groups (broad SMARTS) is 1. The van der Waals surface area contributed by atoms with Crippen molar-refractivity contribution in [1.82, 2.24) is 0 Å². The molecule has 0 saturated heterocycles. The third-order valence-corrected chi connectivity index (χ3v) is 1.42. The fraction of sp³-hybridized carbons (Fsp3) is 0.833. The van der Waals surface area contributed by atoms with Gasteiger partial charge in [0.1, 0.15) is 12.2 Å². The Kier molecular flexibility index (Phi) is 11.6. The molecular formula is C12H24O4. The van der Waals surface area contributed by atoms with Gasteiger partial charge in [-0.15, -0.1) is 0 Å². The van der Waals surface area contributed by atoms with Crippen molar-refractivity contribution in [2.45, 2.75) is 66.1 Å². The van der Waals surface area contributed by atoms with Gasteiger partial charge in [0.25, 0.3) is 0 Å². The minimum atomic E-state index is -1.03. The molecule has 16 heavy (non-hydrogen) atoms. The van der Waals surface area contributed by atoms with Gasteiger partial charge in [-0.2, -0.15) is 0 Å². The van der Waals surface area contributed by atoms with Crippen molar-refractivity contribution in [1.29, 1.82) is 0 Å². The summed E-state index contributed by atoms with van der Waals surface area (Å²) in [5, 5.41) is 8.09. The Labute approximate surface area is 98.0 Å². The Morgan fingerprint density at radius 1 is 1.12 bits per heavy atom. The van der Waals surface area contributed by atoms with Crippen LogP contribution in [0.4, 0.5) is 0 Å². The zero-order valence-corrected chi connectivity index (χ0v) is 10.9. The Balaban J connectivity index is 0. The topological polar surface area (TPSA) is 63.6 Å². The maximum atomic E-state index is 10.5. The first kappa shape index (κ1) is 17.5. The number of rotatable bonds is 6. The molecule has 0 bridgehead atoms. The van der Waals surface area contributed by atoms with Gasteiger partial charge in [0.15, 0.2) is 0 Å². The number of carbonyl (C=O) groups is 2. The van der Waals surface area contributed by atoms with Crippen LogP contribution < -0.4 is 0 Å². The molecule has 0 heterocycles. The minimum Gasteiger partial charge on any atom is -0.481 e. The molecule has 0 aliphatic carbocycles. The Hall–Kier alpha value is -0.900. The quantitative estimate of drug-likeness (QED) is 0.715. The van der Waals surface area contributed by atoms with E-state index in [-0.39, 0.29) is 12.2 Å². The van der Waals surface area contributed by atoms with Crippen molar-refractivity contribution in [2.75, 3.05) is 0 Å². The first-order valence-electron chi connectivity index (χ1n) is 5.68. The van der Waals surface area contributed by atoms with Crippen LogP contribution in [0.5, 0.6) is 0 Å². The van der Waals surface area contributed by atoms with E-state index >= 15 is 0 Å². The highest BCUT2D eigenvalue weighted by Gasteiger charge is 2.04.